The first-order valence-corrected chi connectivity index (χ1v) is 13.8. The minimum Gasteiger partial charge on any atom is -0.495 e. The zero-order valence-electron chi connectivity index (χ0n) is 22.6. The molecule has 3 N–H and O–H groups in total. The van der Waals surface area contributed by atoms with Gasteiger partial charge in [0.15, 0.2) is 0 Å². The Balaban J connectivity index is 1.52. The molecule has 1 saturated carbocycles. The highest BCUT2D eigenvalue weighted by Crippen LogP contribution is 2.48. The first-order chi connectivity index (χ1) is 19.8. The Morgan fingerprint density at radius 2 is 1.88 bits per heavy atom. The zero-order chi connectivity index (χ0) is 29.1. The number of carbonyl (C=O) groups is 2. The second kappa shape index (κ2) is 12.2. The van der Waals surface area contributed by atoms with Crippen LogP contribution in [-0.2, 0) is 17.9 Å². The van der Waals surface area contributed by atoms with Crippen LogP contribution in [0.25, 0.3) is 0 Å². The average molecular weight is 601 g/mol. The fourth-order valence-corrected chi connectivity index (χ4v) is 5.85. The van der Waals surface area contributed by atoms with Crippen LogP contribution < -0.4 is 29.9 Å². The van der Waals surface area contributed by atoms with Crippen LogP contribution in [0.4, 0.5) is 22.2 Å². The van der Waals surface area contributed by atoms with E-state index in [1.807, 2.05) is 0 Å². The molecular weight excluding hydrogens is 571 g/mol. The van der Waals surface area contributed by atoms with E-state index >= 15 is 0 Å². The molecule has 0 radical (unpaired) electrons. The average Bonchev–Trinajstić information content (AvgIpc) is 3.50. The summed E-state index contributed by atoms with van der Waals surface area (Å²) in [6, 6.07) is 0.985. The smallest absolute Gasteiger partial charge is 0.330 e. The van der Waals surface area contributed by atoms with Gasteiger partial charge in [0, 0.05) is 41.7 Å². The van der Waals surface area contributed by atoms with E-state index in [0.717, 1.165) is 31.2 Å². The Labute approximate surface area is 247 Å². The molecule has 0 saturated heterocycles. The number of nitrogens with zero attached hydrogens (tertiary/aromatic N) is 5. The highest BCUT2D eigenvalue weighted by molar-refractivity contribution is 6.42. The standard InChI is InChI=1S/C27H30Cl2N8O4/c1-4-21(38)33-17-7-5-6-8-18(17)34-26-30-12-16-14-36(24-22(28)19(40-2)9-20(41-3)23(24)29)27(39)37(25(16)35-26)13-15-10-31-32-11-15/h4,9-12,17-18H,1,5-8,13-14H2,2-3H3,(H,31,32)(H,33,38)(H,30,34,35). The summed E-state index contributed by atoms with van der Waals surface area (Å²) in [7, 11) is 2.94. The molecule has 1 aliphatic heterocycles. The number of hydrogen-bond acceptors (Lipinski definition) is 8. The van der Waals surface area contributed by atoms with Crippen molar-refractivity contribution in [1.29, 1.82) is 0 Å². The highest BCUT2D eigenvalue weighted by Gasteiger charge is 2.37. The molecule has 2 unspecified atom stereocenters. The van der Waals surface area contributed by atoms with E-state index in [1.54, 1.807) is 24.7 Å². The van der Waals surface area contributed by atoms with Crippen molar-refractivity contribution in [3.63, 3.8) is 0 Å². The van der Waals surface area contributed by atoms with Gasteiger partial charge in [0.2, 0.25) is 11.9 Å². The number of H-pyrrole nitrogens is 1. The van der Waals surface area contributed by atoms with Crippen molar-refractivity contribution in [2.45, 2.75) is 50.9 Å². The summed E-state index contributed by atoms with van der Waals surface area (Å²) in [5.74, 6) is 1.19. The Morgan fingerprint density at radius 1 is 1.17 bits per heavy atom. The lowest BCUT2D eigenvalue weighted by Gasteiger charge is -2.37. The number of urea groups is 1. The Bertz CT molecular complexity index is 1420. The molecule has 1 aromatic carbocycles. The van der Waals surface area contributed by atoms with Crippen LogP contribution in [0.5, 0.6) is 11.5 Å². The molecule has 2 aromatic heterocycles. The number of aromatic amines is 1. The molecular formula is C27H30Cl2N8O4. The van der Waals surface area contributed by atoms with Crippen LogP contribution in [0, 0.1) is 0 Å². The van der Waals surface area contributed by atoms with Crippen molar-refractivity contribution < 1.29 is 19.1 Å². The maximum Gasteiger partial charge on any atom is 0.330 e. The van der Waals surface area contributed by atoms with Crippen molar-refractivity contribution in [2.24, 2.45) is 0 Å². The highest BCUT2D eigenvalue weighted by atomic mass is 35.5. The number of aromatic nitrogens is 4. The Kier molecular flexibility index (Phi) is 8.50. The third-order valence-electron chi connectivity index (χ3n) is 7.20. The van der Waals surface area contributed by atoms with E-state index in [2.05, 4.69) is 32.4 Å². The quantitative estimate of drug-likeness (QED) is 0.301. The second-order valence-corrected chi connectivity index (χ2v) is 10.5. The number of methoxy groups -OCH3 is 2. The summed E-state index contributed by atoms with van der Waals surface area (Å²) in [4.78, 5) is 38.4. The second-order valence-electron chi connectivity index (χ2n) is 9.72. The number of ether oxygens (including phenoxy) is 2. The van der Waals surface area contributed by atoms with Gasteiger partial charge in [-0.3, -0.25) is 19.7 Å². The fraction of sp³-hybridized carbons (Fsp3) is 0.370. The van der Waals surface area contributed by atoms with E-state index in [0.29, 0.717) is 28.8 Å². The van der Waals surface area contributed by atoms with E-state index in [4.69, 9.17) is 37.7 Å². The summed E-state index contributed by atoms with van der Waals surface area (Å²) in [6.07, 6.45) is 9.96. The van der Waals surface area contributed by atoms with Crippen LogP contribution >= 0.6 is 23.2 Å². The molecule has 3 aromatic rings. The maximum atomic E-state index is 14.1. The molecule has 2 aliphatic rings. The van der Waals surface area contributed by atoms with Gasteiger partial charge in [-0.15, -0.1) is 0 Å². The van der Waals surface area contributed by atoms with E-state index in [-0.39, 0.29) is 46.8 Å². The van der Waals surface area contributed by atoms with Gasteiger partial charge in [-0.2, -0.15) is 10.1 Å². The molecule has 41 heavy (non-hydrogen) atoms. The predicted octanol–water partition coefficient (Wildman–Crippen LogP) is 4.70. The van der Waals surface area contributed by atoms with E-state index in [9.17, 15) is 9.59 Å². The summed E-state index contributed by atoms with van der Waals surface area (Å²) in [5.41, 5.74) is 1.69. The fourth-order valence-electron chi connectivity index (χ4n) is 5.14. The van der Waals surface area contributed by atoms with Gasteiger partial charge in [0.1, 0.15) is 27.4 Å². The minimum atomic E-state index is -0.406. The molecule has 3 amide bonds. The molecule has 2 atom stereocenters. The number of fused-ring (bicyclic) bond motifs is 1. The number of nitrogens with one attached hydrogen (secondary N) is 3. The topological polar surface area (TPSA) is 138 Å². The van der Waals surface area contributed by atoms with Crippen LogP contribution in [0.1, 0.15) is 36.8 Å². The lowest BCUT2D eigenvalue weighted by atomic mass is 9.90. The Morgan fingerprint density at radius 3 is 2.51 bits per heavy atom. The monoisotopic (exact) mass is 600 g/mol. The summed E-state index contributed by atoms with van der Waals surface area (Å²) < 4.78 is 10.8. The lowest BCUT2D eigenvalue weighted by Crippen LogP contribution is -2.49. The van der Waals surface area contributed by atoms with Crippen LogP contribution in [0.2, 0.25) is 10.0 Å². The summed E-state index contributed by atoms with van der Waals surface area (Å²) >= 11 is 13.4. The van der Waals surface area contributed by atoms with Gasteiger partial charge in [0.05, 0.1) is 39.2 Å². The molecule has 0 spiro atoms. The van der Waals surface area contributed by atoms with Crippen LogP contribution in [0.3, 0.4) is 0 Å². The zero-order valence-corrected chi connectivity index (χ0v) is 24.1. The number of halogens is 2. The Hall–Kier alpha value is -4.03. The van der Waals surface area contributed by atoms with Crippen molar-refractivity contribution >= 4 is 52.6 Å². The number of anilines is 3. The van der Waals surface area contributed by atoms with Gasteiger partial charge in [-0.25, -0.2) is 9.78 Å². The van der Waals surface area contributed by atoms with Crippen molar-refractivity contribution in [1.82, 2.24) is 25.5 Å². The summed E-state index contributed by atoms with van der Waals surface area (Å²) in [6.45, 7) is 3.83. The number of hydrogen-bond donors (Lipinski definition) is 3. The largest absolute Gasteiger partial charge is 0.495 e. The number of benzene rings is 1. The van der Waals surface area contributed by atoms with Gasteiger partial charge in [-0.05, 0) is 18.9 Å². The molecule has 12 nitrogen and oxygen atoms in total. The molecule has 1 aliphatic carbocycles. The van der Waals surface area contributed by atoms with Gasteiger partial charge < -0.3 is 20.1 Å². The molecule has 5 rings (SSSR count). The van der Waals surface area contributed by atoms with E-state index in [1.165, 1.54) is 30.1 Å². The van der Waals surface area contributed by atoms with Crippen molar-refractivity contribution in [2.75, 3.05) is 29.3 Å². The van der Waals surface area contributed by atoms with Crippen molar-refractivity contribution in [3.05, 3.63) is 58.5 Å². The van der Waals surface area contributed by atoms with Gasteiger partial charge in [0.25, 0.3) is 0 Å². The van der Waals surface area contributed by atoms with Crippen LogP contribution in [0.15, 0.2) is 37.3 Å². The number of carbonyl (C=O) groups excluding carboxylic acids is 2. The lowest BCUT2D eigenvalue weighted by molar-refractivity contribution is -0.117. The SMILES string of the molecule is C=CC(=O)NC1CCCCC1Nc1ncc2c(n1)N(Cc1cn[nH]c1)C(=O)N(c1c(Cl)c(OC)cc(OC)c1Cl)C2. The maximum absolute atomic E-state index is 14.1. The molecule has 3 heterocycles. The number of rotatable bonds is 9. The first kappa shape index (κ1) is 28.5. The first-order valence-electron chi connectivity index (χ1n) is 13.1. The van der Waals surface area contributed by atoms with Crippen LogP contribution in [-0.4, -0.2) is 58.4 Å². The molecule has 0 bridgehead atoms. The third kappa shape index (κ3) is 5.75. The van der Waals surface area contributed by atoms with Gasteiger partial charge in [-0.1, -0.05) is 42.6 Å². The predicted molar refractivity (Wildman–Crippen MR) is 156 cm³/mol. The normalized spacial score (nSPS) is 18.5. The number of amides is 3. The summed E-state index contributed by atoms with van der Waals surface area (Å²) in [5, 5.41) is 13.5. The minimum absolute atomic E-state index is 0.0781. The molecule has 1 fully saturated rings. The molecule has 216 valence electrons. The van der Waals surface area contributed by atoms with Crippen molar-refractivity contribution in [3.8, 4) is 11.5 Å². The van der Waals surface area contributed by atoms with E-state index < -0.39 is 6.03 Å². The molecule has 14 heteroatoms. The third-order valence-corrected chi connectivity index (χ3v) is 7.93. The van der Waals surface area contributed by atoms with Gasteiger partial charge >= 0.3 is 6.03 Å².